The Kier molecular flexibility index (Phi) is 6.14. The van der Waals surface area contributed by atoms with Gasteiger partial charge in [-0.15, -0.1) is 10.2 Å². The summed E-state index contributed by atoms with van der Waals surface area (Å²) in [6, 6.07) is 6.67. The molecule has 0 aliphatic carbocycles. The molecule has 2 aromatic heterocycles. The summed E-state index contributed by atoms with van der Waals surface area (Å²) in [7, 11) is 0. The molecule has 9 heteroatoms. The first-order valence-corrected chi connectivity index (χ1v) is 9.78. The van der Waals surface area contributed by atoms with Crippen molar-refractivity contribution in [1.82, 2.24) is 15.5 Å². The van der Waals surface area contributed by atoms with E-state index in [1.54, 1.807) is 37.5 Å². The van der Waals surface area contributed by atoms with Gasteiger partial charge in [-0.3, -0.25) is 4.79 Å². The minimum Gasteiger partial charge on any atom is -0.469 e. The summed E-state index contributed by atoms with van der Waals surface area (Å²) < 4.78 is 10.8. The second-order valence-corrected chi connectivity index (χ2v) is 8.06. The van der Waals surface area contributed by atoms with Gasteiger partial charge in [0.2, 0.25) is 5.91 Å². The molecule has 142 valence electrons. The molecule has 0 saturated carbocycles. The highest BCUT2D eigenvalue weighted by atomic mass is 35.5. The molecule has 0 spiro atoms. The standard InChI is InChI=1S/C18H17Cl2N3O3S/c1-9(13-5-4-12(19)8-15(13)20)21-16(24)11(3)27-18-23-22-17(26-18)14-6-7-25-10(14)2/h4-9,11H,1-3H3,(H,21,24). The molecule has 0 radical (unpaired) electrons. The van der Waals surface area contributed by atoms with E-state index in [-0.39, 0.29) is 11.9 Å². The van der Waals surface area contributed by atoms with Gasteiger partial charge < -0.3 is 14.2 Å². The molecule has 0 aliphatic rings. The van der Waals surface area contributed by atoms with Crippen molar-refractivity contribution in [1.29, 1.82) is 0 Å². The van der Waals surface area contributed by atoms with Crippen LogP contribution in [0.2, 0.25) is 10.0 Å². The number of aryl methyl sites for hydroxylation is 1. The molecule has 2 unspecified atom stereocenters. The number of hydrogen-bond acceptors (Lipinski definition) is 6. The molecule has 2 atom stereocenters. The maximum absolute atomic E-state index is 12.5. The molecule has 3 rings (SSSR count). The van der Waals surface area contributed by atoms with Gasteiger partial charge in [-0.2, -0.15) is 0 Å². The molecule has 0 fully saturated rings. The van der Waals surface area contributed by atoms with E-state index in [1.165, 1.54) is 11.8 Å². The van der Waals surface area contributed by atoms with Crippen LogP contribution in [-0.2, 0) is 4.79 Å². The molecule has 3 aromatic rings. The van der Waals surface area contributed by atoms with Gasteiger partial charge in [-0.05, 0) is 44.5 Å². The molecule has 2 heterocycles. The van der Waals surface area contributed by atoms with Gasteiger partial charge in [0, 0.05) is 10.0 Å². The minimum absolute atomic E-state index is 0.169. The van der Waals surface area contributed by atoms with Crippen molar-refractivity contribution in [3.63, 3.8) is 0 Å². The van der Waals surface area contributed by atoms with E-state index < -0.39 is 5.25 Å². The Labute approximate surface area is 170 Å². The molecule has 6 nitrogen and oxygen atoms in total. The summed E-state index contributed by atoms with van der Waals surface area (Å²) in [5.41, 5.74) is 1.53. The maximum Gasteiger partial charge on any atom is 0.277 e. The molecule has 0 aliphatic heterocycles. The summed E-state index contributed by atoms with van der Waals surface area (Å²) in [5.74, 6) is 0.880. The number of hydrogen-bond donors (Lipinski definition) is 1. The Morgan fingerprint density at radius 1 is 1.22 bits per heavy atom. The Balaban J connectivity index is 1.62. The fourth-order valence-corrected chi connectivity index (χ4v) is 3.70. The second-order valence-electron chi connectivity index (χ2n) is 5.92. The third-order valence-electron chi connectivity index (χ3n) is 3.93. The van der Waals surface area contributed by atoms with Gasteiger partial charge in [0.15, 0.2) is 0 Å². The Hall–Kier alpha value is -1.96. The molecule has 27 heavy (non-hydrogen) atoms. The van der Waals surface area contributed by atoms with E-state index in [0.717, 1.165) is 11.1 Å². The van der Waals surface area contributed by atoms with E-state index in [2.05, 4.69) is 15.5 Å². The lowest BCUT2D eigenvalue weighted by Crippen LogP contribution is -2.33. The van der Waals surface area contributed by atoms with Crippen LogP contribution in [0.15, 0.2) is 44.6 Å². The Morgan fingerprint density at radius 3 is 2.67 bits per heavy atom. The van der Waals surface area contributed by atoms with Crippen molar-refractivity contribution in [3.8, 4) is 11.5 Å². The van der Waals surface area contributed by atoms with Gasteiger partial charge in [0.05, 0.1) is 23.1 Å². The number of furan rings is 1. The average Bonchev–Trinajstić information content (AvgIpc) is 3.23. The summed E-state index contributed by atoms with van der Waals surface area (Å²) >= 11 is 13.3. The predicted molar refractivity (Wildman–Crippen MR) is 105 cm³/mol. The number of nitrogens with one attached hydrogen (secondary N) is 1. The number of benzene rings is 1. The first-order chi connectivity index (χ1) is 12.8. The molecule has 0 bridgehead atoms. The molecule has 1 amide bonds. The largest absolute Gasteiger partial charge is 0.469 e. The van der Waals surface area contributed by atoms with Gasteiger partial charge in [0.25, 0.3) is 11.1 Å². The third kappa shape index (κ3) is 4.66. The van der Waals surface area contributed by atoms with Crippen LogP contribution < -0.4 is 5.32 Å². The quantitative estimate of drug-likeness (QED) is 0.539. The molecular formula is C18H17Cl2N3O3S. The van der Waals surface area contributed by atoms with Crippen molar-refractivity contribution in [2.75, 3.05) is 0 Å². The first-order valence-electron chi connectivity index (χ1n) is 8.15. The van der Waals surface area contributed by atoms with E-state index in [9.17, 15) is 4.79 Å². The van der Waals surface area contributed by atoms with Crippen LogP contribution in [0, 0.1) is 6.92 Å². The zero-order valence-electron chi connectivity index (χ0n) is 14.8. The predicted octanol–water partition coefficient (Wildman–Crippen LogP) is 5.30. The zero-order chi connectivity index (χ0) is 19.6. The van der Waals surface area contributed by atoms with Gasteiger partial charge in [-0.25, -0.2) is 0 Å². The van der Waals surface area contributed by atoms with Gasteiger partial charge in [-0.1, -0.05) is 41.0 Å². The first kappa shape index (κ1) is 19.8. The third-order valence-corrected chi connectivity index (χ3v) is 5.43. The van der Waals surface area contributed by atoms with Crippen molar-refractivity contribution in [2.45, 2.75) is 37.3 Å². The van der Waals surface area contributed by atoms with Crippen molar-refractivity contribution >= 4 is 40.9 Å². The molecule has 1 aromatic carbocycles. The van der Waals surface area contributed by atoms with Gasteiger partial charge in [0.1, 0.15) is 5.76 Å². The highest BCUT2D eigenvalue weighted by Crippen LogP contribution is 2.29. The number of carbonyl (C=O) groups is 1. The van der Waals surface area contributed by atoms with Crippen LogP contribution in [-0.4, -0.2) is 21.4 Å². The topological polar surface area (TPSA) is 81.2 Å². The number of amides is 1. The van der Waals surface area contributed by atoms with Crippen LogP contribution in [0.25, 0.3) is 11.5 Å². The normalized spacial score (nSPS) is 13.4. The number of nitrogens with zero attached hydrogens (tertiary/aromatic N) is 2. The van der Waals surface area contributed by atoms with E-state index in [1.807, 2.05) is 13.8 Å². The summed E-state index contributed by atoms with van der Waals surface area (Å²) in [6.07, 6.45) is 1.56. The van der Waals surface area contributed by atoms with Gasteiger partial charge >= 0.3 is 0 Å². The number of aromatic nitrogens is 2. The fourth-order valence-electron chi connectivity index (χ4n) is 2.44. The highest BCUT2D eigenvalue weighted by molar-refractivity contribution is 8.00. The van der Waals surface area contributed by atoms with Crippen molar-refractivity contribution in [2.24, 2.45) is 0 Å². The minimum atomic E-state index is -0.433. The second kappa shape index (κ2) is 8.37. The van der Waals surface area contributed by atoms with E-state index >= 15 is 0 Å². The van der Waals surface area contributed by atoms with Crippen LogP contribution in [0.5, 0.6) is 0 Å². The number of thioether (sulfide) groups is 1. The molecular weight excluding hydrogens is 409 g/mol. The van der Waals surface area contributed by atoms with Crippen LogP contribution in [0.4, 0.5) is 0 Å². The Bertz CT molecular complexity index is 957. The van der Waals surface area contributed by atoms with Crippen molar-refractivity contribution < 1.29 is 13.6 Å². The molecule has 1 N–H and O–H groups in total. The summed E-state index contributed by atoms with van der Waals surface area (Å²) in [4.78, 5) is 12.5. The van der Waals surface area contributed by atoms with Crippen LogP contribution >= 0.6 is 35.0 Å². The fraction of sp³-hybridized carbons (Fsp3) is 0.278. The number of carbonyl (C=O) groups excluding carboxylic acids is 1. The zero-order valence-corrected chi connectivity index (χ0v) is 17.2. The van der Waals surface area contributed by atoms with Crippen LogP contribution in [0.1, 0.15) is 31.2 Å². The monoisotopic (exact) mass is 425 g/mol. The lowest BCUT2D eigenvalue weighted by atomic mass is 10.1. The summed E-state index contributed by atoms with van der Waals surface area (Å²) in [5, 5.41) is 11.8. The Morgan fingerprint density at radius 2 is 2.00 bits per heavy atom. The average molecular weight is 426 g/mol. The highest BCUT2D eigenvalue weighted by Gasteiger charge is 2.22. The lowest BCUT2D eigenvalue weighted by Gasteiger charge is -2.18. The SMILES string of the molecule is Cc1occc1-c1nnc(SC(C)C(=O)NC(C)c2ccc(Cl)cc2Cl)o1. The maximum atomic E-state index is 12.5. The summed E-state index contributed by atoms with van der Waals surface area (Å²) in [6.45, 7) is 5.44. The smallest absolute Gasteiger partial charge is 0.277 e. The number of rotatable bonds is 6. The van der Waals surface area contributed by atoms with E-state index in [0.29, 0.717) is 26.9 Å². The number of halogens is 2. The molecule has 0 saturated heterocycles. The van der Waals surface area contributed by atoms with Crippen molar-refractivity contribution in [3.05, 3.63) is 51.9 Å². The van der Waals surface area contributed by atoms with E-state index in [4.69, 9.17) is 32.0 Å². The van der Waals surface area contributed by atoms with Crippen LogP contribution in [0.3, 0.4) is 0 Å². The lowest BCUT2D eigenvalue weighted by molar-refractivity contribution is -0.120.